The summed E-state index contributed by atoms with van der Waals surface area (Å²) >= 11 is 0. The summed E-state index contributed by atoms with van der Waals surface area (Å²) in [5.41, 5.74) is 0. The molecule has 8 heteroatoms. The summed E-state index contributed by atoms with van der Waals surface area (Å²) in [4.78, 5) is 10.5. The van der Waals surface area contributed by atoms with Crippen LogP contribution in [0.3, 0.4) is 0 Å². The molecule has 1 unspecified atom stereocenters. The zero-order valence-corrected chi connectivity index (χ0v) is 10.3. The number of aliphatic hydroxyl groups is 1. The van der Waals surface area contributed by atoms with E-state index >= 15 is 0 Å². The Hall–Kier alpha value is -1.64. The van der Waals surface area contributed by atoms with Gasteiger partial charge in [-0.3, -0.25) is 4.79 Å². The van der Waals surface area contributed by atoms with E-state index in [1.165, 1.54) is 31.4 Å². The number of hydrogen-bond donors (Lipinski definition) is 3. The van der Waals surface area contributed by atoms with Gasteiger partial charge < -0.3 is 14.9 Å². The zero-order valence-electron chi connectivity index (χ0n) is 9.53. The van der Waals surface area contributed by atoms with Gasteiger partial charge in [0.15, 0.2) is 0 Å². The number of hydrogen-bond acceptors (Lipinski definition) is 5. The van der Waals surface area contributed by atoms with E-state index in [0.29, 0.717) is 5.75 Å². The molecular weight excluding hydrogens is 262 g/mol. The van der Waals surface area contributed by atoms with E-state index in [0.717, 1.165) is 0 Å². The fourth-order valence-electron chi connectivity index (χ4n) is 1.18. The summed E-state index contributed by atoms with van der Waals surface area (Å²) in [6.45, 7) is -0.829. The van der Waals surface area contributed by atoms with Gasteiger partial charge in [0.2, 0.25) is 10.0 Å². The first-order valence-corrected chi connectivity index (χ1v) is 6.39. The summed E-state index contributed by atoms with van der Waals surface area (Å²) in [5.74, 6) is -0.972. The SMILES string of the molecule is COc1ccc(S(=O)(=O)NC(CO)C(=O)O)cc1. The van der Waals surface area contributed by atoms with Crippen molar-refractivity contribution >= 4 is 16.0 Å². The number of carboxylic acids is 1. The van der Waals surface area contributed by atoms with Gasteiger partial charge in [-0.2, -0.15) is 4.72 Å². The lowest BCUT2D eigenvalue weighted by Crippen LogP contribution is -2.43. The van der Waals surface area contributed by atoms with Gasteiger partial charge in [-0.1, -0.05) is 0 Å². The maximum Gasteiger partial charge on any atom is 0.324 e. The second-order valence-corrected chi connectivity index (χ2v) is 5.08. The van der Waals surface area contributed by atoms with Gasteiger partial charge in [0.25, 0.3) is 0 Å². The average Bonchev–Trinajstić information content (AvgIpc) is 2.35. The van der Waals surface area contributed by atoms with Crippen molar-refractivity contribution in [3.05, 3.63) is 24.3 Å². The van der Waals surface area contributed by atoms with Gasteiger partial charge in [0, 0.05) is 0 Å². The Morgan fingerprint density at radius 1 is 1.39 bits per heavy atom. The number of ether oxygens (including phenoxy) is 1. The van der Waals surface area contributed by atoms with E-state index in [4.69, 9.17) is 14.9 Å². The smallest absolute Gasteiger partial charge is 0.324 e. The van der Waals surface area contributed by atoms with Gasteiger partial charge in [-0.05, 0) is 24.3 Å². The first-order valence-electron chi connectivity index (χ1n) is 4.90. The molecular formula is C10H13NO6S. The molecule has 0 spiro atoms. The minimum absolute atomic E-state index is 0.108. The van der Waals surface area contributed by atoms with Crippen molar-refractivity contribution in [1.82, 2.24) is 4.72 Å². The molecule has 0 radical (unpaired) electrons. The van der Waals surface area contributed by atoms with Crippen molar-refractivity contribution in [1.29, 1.82) is 0 Å². The third-order valence-corrected chi connectivity index (χ3v) is 3.64. The van der Waals surface area contributed by atoms with Crippen molar-refractivity contribution in [2.24, 2.45) is 0 Å². The van der Waals surface area contributed by atoms with Crippen LogP contribution >= 0.6 is 0 Å². The lowest BCUT2D eigenvalue weighted by atomic mass is 10.3. The second-order valence-electron chi connectivity index (χ2n) is 3.37. The molecule has 0 aliphatic carbocycles. The summed E-state index contributed by atoms with van der Waals surface area (Å²) in [6, 6.07) is 3.85. The monoisotopic (exact) mass is 275 g/mol. The molecule has 0 aliphatic rings. The molecule has 0 bridgehead atoms. The van der Waals surface area contributed by atoms with Crippen LogP contribution in [0.4, 0.5) is 0 Å². The van der Waals surface area contributed by atoms with Crippen LogP contribution in [-0.4, -0.2) is 44.4 Å². The normalized spacial score (nSPS) is 13.0. The Morgan fingerprint density at radius 2 is 1.94 bits per heavy atom. The summed E-state index contributed by atoms with van der Waals surface area (Å²) in [7, 11) is -2.55. The van der Waals surface area contributed by atoms with Crippen molar-refractivity contribution in [3.8, 4) is 5.75 Å². The van der Waals surface area contributed by atoms with Crippen LogP contribution in [0.25, 0.3) is 0 Å². The number of aliphatic hydroxyl groups excluding tert-OH is 1. The van der Waals surface area contributed by atoms with Crippen LogP contribution in [0.15, 0.2) is 29.2 Å². The number of carboxylic acid groups (broad SMARTS) is 1. The van der Waals surface area contributed by atoms with E-state index < -0.39 is 28.6 Å². The third-order valence-electron chi connectivity index (χ3n) is 2.15. The minimum atomic E-state index is -3.99. The zero-order chi connectivity index (χ0) is 13.8. The highest BCUT2D eigenvalue weighted by molar-refractivity contribution is 7.89. The highest BCUT2D eigenvalue weighted by atomic mass is 32.2. The first kappa shape index (κ1) is 14.4. The van der Waals surface area contributed by atoms with Gasteiger partial charge in [0.05, 0.1) is 18.6 Å². The van der Waals surface area contributed by atoms with E-state index in [2.05, 4.69) is 0 Å². The second kappa shape index (κ2) is 5.80. The number of aliphatic carboxylic acids is 1. The van der Waals surface area contributed by atoms with Crippen LogP contribution in [0, 0.1) is 0 Å². The van der Waals surface area contributed by atoms with Gasteiger partial charge in [0.1, 0.15) is 11.8 Å². The predicted molar refractivity (Wildman–Crippen MR) is 61.8 cm³/mol. The lowest BCUT2D eigenvalue weighted by molar-refractivity contribution is -0.139. The summed E-state index contributed by atoms with van der Waals surface area (Å²) < 4.78 is 30.3. The van der Waals surface area contributed by atoms with E-state index in [1.54, 1.807) is 0 Å². The standard InChI is InChI=1S/C10H13NO6S/c1-17-7-2-4-8(5-3-7)18(15,16)11-9(6-12)10(13)14/h2-5,9,11-12H,6H2,1H3,(H,13,14). The molecule has 0 aromatic heterocycles. The topological polar surface area (TPSA) is 113 Å². The maximum absolute atomic E-state index is 11.8. The molecule has 1 rings (SSSR count). The lowest BCUT2D eigenvalue weighted by Gasteiger charge is -2.12. The summed E-state index contributed by atoms with van der Waals surface area (Å²) in [6.07, 6.45) is 0. The predicted octanol–water partition coefficient (Wildman–Crippen LogP) is -0.581. The average molecular weight is 275 g/mol. The van der Waals surface area contributed by atoms with E-state index in [1.807, 2.05) is 4.72 Å². The molecule has 100 valence electrons. The highest BCUT2D eigenvalue weighted by Crippen LogP contribution is 2.15. The number of carbonyl (C=O) groups is 1. The maximum atomic E-state index is 11.8. The Bertz CT molecular complexity index is 510. The van der Waals surface area contributed by atoms with Gasteiger partial charge in [-0.25, -0.2) is 8.42 Å². The summed E-state index contributed by atoms with van der Waals surface area (Å²) in [5, 5.41) is 17.4. The van der Waals surface area contributed by atoms with E-state index in [9.17, 15) is 13.2 Å². The van der Waals surface area contributed by atoms with Crippen LogP contribution in [0.5, 0.6) is 5.75 Å². The molecule has 0 aliphatic heterocycles. The molecule has 0 saturated carbocycles. The van der Waals surface area contributed by atoms with Crippen molar-refractivity contribution in [2.45, 2.75) is 10.9 Å². The fraction of sp³-hybridized carbons (Fsp3) is 0.300. The number of rotatable bonds is 6. The van der Waals surface area contributed by atoms with Crippen molar-refractivity contribution in [2.75, 3.05) is 13.7 Å². The Morgan fingerprint density at radius 3 is 2.33 bits per heavy atom. The van der Waals surface area contributed by atoms with Crippen molar-refractivity contribution < 1.29 is 28.2 Å². The third kappa shape index (κ3) is 3.42. The number of methoxy groups -OCH3 is 1. The molecule has 18 heavy (non-hydrogen) atoms. The molecule has 1 aromatic rings. The van der Waals surface area contributed by atoms with Crippen LogP contribution < -0.4 is 9.46 Å². The first-order chi connectivity index (χ1) is 8.40. The van der Waals surface area contributed by atoms with Crippen LogP contribution in [0.1, 0.15) is 0 Å². The highest BCUT2D eigenvalue weighted by Gasteiger charge is 2.24. The van der Waals surface area contributed by atoms with Gasteiger partial charge in [-0.15, -0.1) is 0 Å². The van der Waals surface area contributed by atoms with Crippen LogP contribution in [-0.2, 0) is 14.8 Å². The molecule has 0 fully saturated rings. The van der Waals surface area contributed by atoms with E-state index in [-0.39, 0.29) is 4.90 Å². The number of sulfonamides is 1. The molecule has 0 amide bonds. The van der Waals surface area contributed by atoms with Crippen LogP contribution in [0.2, 0.25) is 0 Å². The molecule has 0 heterocycles. The molecule has 7 nitrogen and oxygen atoms in total. The largest absolute Gasteiger partial charge is 0.497 e. The number of nitrogens with one attached hydrogen (secondary N) is 1. The Kier molecular flexibility index (Phi) is 4.65. The Labute approximate surface area is 104 Å². The molecule has 1 aromatic carbocycles. The number of benzene rings is 1. The molecule has 1 atom stereocenters. The van der Waals surface area contributed by atoms with Crippen molar-refractivity contribution in [3.63, 3.8) is 0 Å². The van der Waals surface area contributed by atoms with Gasteiger partial charge >= 0.3 is 5.97 Å². The quantitative estimate of drug-likeness (QED) is 0.640. The molecule has 3 N–H and O–H groups in total. The Balaban J connectivity index is 2.95. The molecule has 0 saturated heterocycles. The minimum Gasteiger partial charge on any atom is -0.497 e. The fourth-order valence-corrected chi connectivity index (χ4v) is 2.36.